The molecule has 0 amide bonds. The summed E-state index contributed by atoms with van der Waals surface area (Å²) >= 11 is 8.32. The van der Waals surface area contributed by atoms with Gasteiger partial charge in [0, 0.05) is 22.4 Å². The van der Waals surface area contributed by atoms with Crippen LogP contribution in [-0.2, 0) is 13.0 Å². The van der Waals surface area contributed by atoms with Crippen LogP contribution in [0.5, 0.6) is 0 Å². The third kappa shape index (κ3) is 2.40. The van der Waals surface area contributed by atoms with Gasteiger partial charge in [-0.15, -0.1) is 11.6 Å². The number of aromatic nitrogens is 2. The molecule has 0 unspecified atom stereocenters. The SMILES string of the molecule is CC1(C)C(Cn2c(CCCl)nc3cc(I)ccc32)C1(C)C. The first kappa shape index (κ1) is 15.6. The second-order valence-electron chi connectivity index (χ2n) is 7.21. The van der Waals surface area contributed by atoms with Gasteiger partial charge in [0.1, 0.15) is 5.82 Å². The van der Waals surface area contributed by atoms with Gasteiger partial charge in [0.15, 0.2) is 0 Å². The molecule has 2 aromatic rings. The second kappa shape index (κ2) is 5.12. The molecule has 0 atom stereocenters. The van der Waals surface area contributed by atoms with Crippen molar-refractivity contribution in [1.82, 2.24) is 9.55 Å². The molecular formula is C17H22ClIN2. The predicted octanol–water partition coefficient (Wildman–Crippen LogP) is 5.10. The van der Waals surface area contributed by atoms with Crippen LogP contribution in [0, 0.1) is 20.3 Å². The Hall–Kier alpha value is -0.290. The van der Waals surface area contributed by atoms with E-state index in [0.29, 0.717) is 22.6 Å². The molecule has 1 aliphatic carbocycles. The molecule has 4 heteroatoms. The zero-order valence-corrected chi connectivity index (χ0v) is 16.0. The number of fused-ring (bicyclic) bond motifs is 1. The molecule has 0 radical (unpaired) electrons. The monoisotopic (exact) mass is 416 g/mol. The minimum Gasteiger partial charge on any atom is -0.328 e. The summed E-state index contributed by atoms with van der Waals surface area (Å²) in [6.45, 7) is 10.5. The summed E-state index contributed by atoms with van der Waals surface area (Å²) in [6, 6.07) is 6.52. The quantitative estimate of drug-likeness (QED) is 0.500. The summed E-state index contributed by atoms with van der Waals surface area (Å²) in [4.78, 5) is 4.81. The number of aryl methyl sites for hydroxylation is 1. The van der Waals surface area contributed by atoms with E-state index in [1.807, 2.05) is 0 Å². The molecule has 0 spiro atoms. The summed E-state index contributed by atoms with van der Waals surface area (Å²) in [6.07, 6.45) is 0.834. The molecule has 1 fully saturated rings. The van der Waals surface area contributed by atoms with Crippen molar-refractivity contribution in [2.75, 3.05) is 5.88 Å². The minimum absolute atomic E-state index is 0.394. The number of benzene rings is 1. The van der Waals surface area contributed by atoms with Crippen LogP contribution in [0.4, 0.5) is 0 Å². The van der Waals surface area contributed by atoms with E-state index in [0.717, 1.165) is 24.3 Å². The van der Waals surface area contributed by atoms with Gasteiger partial charge in [-0.1, -0.05) is 27.7 Å². The van der Waals surface area contributed by atoms with Crippen molar-refractivity contribution in [1.29, 1.82) is 0 Å². The van der Waals surface area contributed by atoms with Crippen LogP contribution in [0.25, 0.3) is 11.0 Å². The van der Waals surface area contributed by atoms with Gasteiger partial charge in [-0.3, -0.25) is 0 Å². The molecule has 2 nitrogen and oxygen atoms in total. The normalized spacial score (nSPS) is 20.1. The van der Waals surface area contributed by atoms with E-state index in [1.54, 1.807) is 0 Å². The zero-order valence-electron chi connectivity index (χ0n) is 13.1. The van der Waals surface area contributed by atoms with Crippen LogP contribution in [0.15, 0.2) is 18.2 Å². The van der Waals surface area contributed by atoms with E-state index in [2.05, 4.69) is 73.1 Å². The van der Waals surface area contributed by atoms with Gasteiger partial charge in [0.2, 0.25) is 0 Å². The fraction of sp³-hybridized carbons (Fsp3) is 0.588. The highest BCUT2D eigenvalue weighted by molar-refractivity contribution is 14.1. The van der Waals surface area contributed by atoms with Crippen molar-refractivity contribution >= 4 is 45.2 Å². The van der Waals surface area contributed by atoms with Crippen LogP contribution in [0.1, 0.15) is 33.5 Å². The number of rotatable bonds is 4. The largest absolute Gasteiger partial charge is 0.328 e. The Bertz CT molecular complexity index is 673. The van der Waals surface area contributed by atoms with Crippen molar-refractivity contribution < 1.29 is 0 Å². The van der Waals surface area contributed by atoms with E-state index in [-0.39, 0.29) is 0 Å². The molecule has 0 aliphatic heterocycles. The van der Waals surface area contributed by atoms with Gasteiger partial charge < -0.3 is 4.57 Å². The van der Waals surface area contributed by atoms with Gasteiger partial charge in [-0.25, -0.2) is 4.98 Å². The maximum atomic E-state index is 5.98. The lowest BCUT2D eigenvalue weighted by molar-refractivity contribution is 0.457. The first-order chi connectivity index (χ1) is 9.79. The smallest absolute Gasteiger partial charge is 0.111 e. The van der Waals surface area contributed by atoms with Crippen LogP contribution in [-0.4, -0.2) is 15.4 Å². The van der Waals surface area contributed by atoms with Crippen LogP contribution >= 0.6 is 34.2 Å². The number of hydrogen-bond acceptors (Lipinski definition) is 1. The number of halogens is 2. The molecule has 1 aromatic carbocycles. The maximum absolute atomic E-state index is 5.98. The topological polar surface area (TPSA) is 17.8 Å². The standard InChI is InChI=1S/C17H22ClIN2/c1-16(2)14(17(16,3)4)10-21-13-6-5-11(19)9-12(13)20-15(21)7-8-18/h5-6,9,14H,7-8,10H2,1-4H3. The van der Waals surface area contributed by atoms with Gasteiger partial charge in [0.05, 0.1) is 11.0 Å². The first-order valence-electron chi connectivity index (χ1n) is 7.49. The zero-order chi connectivity index (χ0) is 15.4. The van der Waals surface area contributed by atoms with Crippen LogP contribution in [0.2, 0.25) is 0 Å². The third-order valence-corrected chi connectivity index (χ3v) is 6.65. The molecule has 3 rings (SSSR count). The van der Waals surface area contributed by atoms with Crippen LogP contribution in [0.3, 0.4) is 0 Å². The Morgan fingerprint density at radius 1 is 1.24 bits per heavy atom. The number of nitrogens with zero attached hydrogens (tertiary/aromatic N) is 2. The first-order valence-corrected chi connectivity index (χ1v) is 9.11. The Kier molecular flexibility index (Phi) is 3.80. The molecule has 1 saturated carbocycles. The summed E-state index contributed by atoms with van der Waals surface area (Å²) in [5, 5.41) is 0. The highest BCUT2D eigenvalue weighted by atomic mass is 127. The summed E-state index contributed by atoms with van der Waals surface area (Å²) in [5.41, 5.74) is 3.13. The lowest BCUT2D eigenvalue weighted by Crippen LogP contribution is -2.09. The van der Waals surface area contributed by atoms with Crippen molar-refractivity contribution in [3.05, 3.63) is 27.6 Å². The fourth-order valence-corrected chi connectivity index (χ4v) is 4.25. The average Bonchev–Trinajstić information content (AvgIpc) is 2.68. The predicted molar refractivity (Wildman–Crippen MR) is 97.9 cm³/mol. The van der Waals surface area contributed by atoms with Crippen molar-refractivity contribution in [2.45, 2.75) is 40.7 Å². The van der Waals surface area contributed by atoms with Crippen molar-refractivity contribution in [3.63, 3.8) is 0 Å². The average molecular weight is 417 g/mol. The van der Waals surface area contributed by atoms with Crippen LogP contribution < -0.4 is 0 Å². The molecule has 114 valence electrons. The van der Waals surface area contributed by atoms with E-state index in [4.69, 9.17) is 16.6 Å². The minimum atomic E-state index is 0.394. The van der Waals surface area contributed by atoms with Gasteiger partial charge in [-0.05, 0) is 57.5 Å². The molecular weight excluding hydrogens is 395 g/mol. The molecule has 21 heavy (non-hydrogen) atoms. The molecule has 1 aromatic heterocycles. The van der Waals surface area contributed by atoms with Crippen molar-refractivity contribution in [3.8, 4) is 0 Å². The van der Waals surface area contributed by atoms with E-state index in [1.165, 1.54) is 9.09 Å². The number of hydrogen-bond donors (Lipinski definition) is 0. The molecule has 1 aliphatic rings. The van der Waals surface area contributed by atoms with Gasteiger partial charge >= 0.3 is 0 Å². The number of imidazole rings is 1. The Morgan fingerprint density at radius 3 is 2.48 bits per heavy atom. The highest BCUT2D eigenvalue weighted by Gasteiger charge is 2.64. The molecule has 0 N–H and O–H groups in total. The summed E-state index contributed by atoms with van der Waals surface area (Å²) in [5.74, 6) is 2.44. The van der Waals surface area contributed by atoms with E-state index in [9.17, 15) is 0 Å². The molecule has 1 heterocycles. The maximum Gasteiger partial charge on any atom is 0.111 e. The highest BCUT2D eigenvalue weighted by Crippen LogP contribution is 2.69. The number of alkyl halides is 1. The molecule has 0 bridgehead atoms. The lowest BCUT2D eigenvalue weighted by atomic mass is 10.0. The summed E-state index contributed by atoms with van der Waals surface area (Å²) in [7, 11) is 0. The fourth-order valence-electron chi connectivity index (χ4n) is 3.60. The Labute approximate surface area is 145 Å². The lowest BCUT2D eigenvalue weighted by Gasteiger charge is -2.10. The third-order valence-electron chi connectivity index (χ3n) is 5.79. The van der Waals surface area contributed by atoms with Gasteiger partial charge in [0.25, 0.3) is 0 Å². The second-order valence-corrected chi connectivity index (χ2v) is 8.83. The summed E-state index contributed by atoms with van der Waals surface area (Å²) < 4.78 is 3.63. The van der Waals surface area contributed by atoms with Gasteiger partial charge in [-0.2, -0.15) is 0 Å². The Morgan fingerprint density at radius 2 is 1.90 bits per heavy atom. The Balaban J connectivity index is 2.02. The molecule has 0 saturated heterocycles. The van der Waals surface area contributed by atoms with E-state index < -0.39 is 0 Å². The van der Waals surface area contributed by atoms with E-state index >= 15 is 0 Å². The van der Waals surface area contributed by atoms with Crippen molar-refractivity contribution in [2.24, 2.45) is 16.7 Å².